The van der Waals surface area contributed by atoms with Gasteiger partial charge in [0, 0.05) is 46.3 Å². The van der Waals surface area contributed by atoms with Crippen LogP contribution in [0.1, 0.15) is 12.5 Å². The van der Waals surface area contributed by atoms with E-state index in [2.05, 4.69) is 4.74 Å². The minimum absolute atomic E-state index is 0.0134. The molecule has 0 aliphatic carbocycles. The standard InChI is InChI=1S/C28H45N5O10/c1-5-29(2)11-12-30(3)27(41)28(43-21-22-9-7-6-8-10-22)33(19-25(38)39)16-15-31(17-23(34)35)13-14-32(18-24(36)37)20-26(40)42-4/h6-10,28H,5,11-21H2,1-4H3,(H,34,35)(H,36,37)(H,38,39). The van der Waals surface area contributed by atoms with Gasteiger partial charge in [-0.05, 0) is 19.2 Å². The van der Waals surface area contributed by atoms with Gasteiger partial charge in [-0.15, -0.1) is 0 Å². The van der Waals surface area contributed by atoms with E-state index in [4.69, 9.17) is 4.74 Å². The molecule has 0 spiro atoms. The van der Waals surface area contributed by atoms with Crippen molar-refractivity contribution in [1.82, 2.24) is 24.5 Å². The zero-order valence-corrected chi connectivity index (χ0v) is 25.4. The Bertz CT molecular complexity index is 1030. The smallest absolute Gasteiger partial charge is 0.319 e. The minimum atomic E-state index is -1.28. The third-order valence-corrected chi connectivity index (χ3v) is 6.60. The minimum Gasteiger partial charge on any atom is -0.480 e. The molecule has 43 heavy (non-hydrogen) atoms. The van der Waals surface area contributed by atoms with Crippen LogP contribution in [-0.2, 0) is 40.1 Å². The van der Waals surface area contributed by atoms with Gasteiger partial charge in [0.1, 0.15) is 0 Å². The lowest BCUT2D eigenvalue weighted by Gasteiger charge is -2.34. The van der Waals surface area contributed by atoms with Crippen molar-refractivity contribution in [2.75, 3.05) is 93.2 Å². The lowest BCUT2D eigenvalue weighted by Crippen LogP contribution is -2.53. The van der Waals surface area contributed by atoms with Crippen molar-refractivity contribution in [2.24, 2.45) is 0 Å². The first-order valence-corrected chi connectivity index (χ1v) is 13.9. The monoisotopic (exact) mass is 611 g/mol. The molecule has 0 bridgehead atoms. The Morgan fingerprint density at radius 3 is 1.86 bits per heavy atom. The molecule has 0 fully saturated rings. The predicted molar refractivity (Wildman–Crippen MR) is 155 cm³/mol. The fourth-order valence-electron chi connectivity index (χ4n) is 3.98. The molecule has 1 rings (SSSR count). The molecule has 1 atom stereocenters. The maximum Gasteiger partial charge on any atom is 0.319 e. The number of likely N-dealkylation sites (N-methyl/N-ethyl adjacent to an activating group) is 2. The summed E-state index contributed by atoms with van der Waals surface area (Å²) in [6.07, 6.45) is -1.28. The number of hydrogen-bond donors (Lipinski definition) is 3. The second kappa shape index (κ2) is 20.3. The molecule has 1 unspecified atom stereocenters. The van der Waals surface area contributed by atoms with Gasteiger partial charge in [-0.1, -0.05) is 37.3 Å². The van der Waals surface area contributed by atoms with Crippen LogP contribution in [0.25, 0.3) is 0 Å². The van der Waals surface area contributed by atoms with Gasteiger partial charge in [0.2, 0.25) is 0 Å². The van der Waals surface area contributed by atoms with Crippen molar-refractivity contribution in [1.29, 1.82) is 0 Å². The van der Waals surface area contributed by atoms with E-state index in [1.807, 2.05) is 49.2 Å². The Balaban J connectivity index is 3.16. The topological polar surface area (TPSA) is 181 Å². The van der Waals surface area contributed by atoms with Crippen molar-refractivity contribution < 1.29 is 48.8 Å². The highest BCUT2D eigenvalue weighted by molar-refractivity contribution is 5.81. The molecule has 15 heteroatoms. The molecule has 1 amide bonds. The summed E-state index contributed by atoms with van der Waals surface area (Å²) in [6.45, 7) is 2.03. The number of hydrogen-bond acceptors (Lipinski definition) is 11. The van der Waals surface area contributed by atoms with Gasteiger partial charge in [0.05, 0.1) is 39.9 Å². The van der Waals surface area contributed by atoms with E-state index in [9.17, 15) is 39.3 Å². The number of esters is 1. The number of benzene rings is 1. The Kier molecular flexibility index (Phi) is 17.7. The highest BCUT2D eigenvalue weighted by Gasteiger charge is 2.31. The molecule has 0 heterocycles. The highest BCUT2D eigenvalue weighted by atomic mass is 16.5. The lowest BCUT2D eigenvalue weighted by atomic mass is 10.2. The number of ether oxygens (including phenoxy) is 2. The van der Waals surface area contributed by atoms with E-state index in [1.54, 1.807) is 7.05 Å². The van der Waals surface area contributed by atoms with Gasteiger partial charge in [0.25, 0.3) is 5.91 Å². The SMILES string of the molecule is CCN(C)CCN(C)C(=O)C(OCc1ccccc1)N(CCN(CCN(CC(=O)O)CC(=O)OC)CC(=O)O)CC(=O)O. The maximum atomic E-state index is 13.6. The number of nitrogens with zero attached hydrogens (tertiary/aromatic N) is 5. The molecular formula is C28H45N5O10. The molecule has 242 valence electrons. The van der Waals surface area contributed by atoms with E-state index < -0.39 is 55.6 Å². The van der Waals surface area contributed by atoms with Crippen LogP contribution in [0.5, 0.6) is 0 Å². The molecule has 1 aromatic rings. The average molecular weight is 612 g/mol. The molecule has 3 N–H and O–H groups in total. The zero-order valence-electron chi connectivity index (χ0n) is 25.4. The predicted octanol–water partition coefficient (Wildman–Crippen LogP) is -0.728. The molecule has 0 radical (unpaired) electrons. The van der Waals surface area contributed by atoms with Crippen molar-refractivity contribution in [3.05, 3.63) is 35.9 Å². The molecule has 0 aliphatic rings. The first-order valence-electron chi connectivity index (χ1n) is 13.9. The fourth-order valence-corrected chi connectivity index (χ4v) is 3.98. The Labute approximate surface area is 252 Å². The van der Waals surface area contributed by atoms with Crippen LogP contribution in [0.4, 0.5) is 0 Å². The number of carbonyl (C=O) groups is 5. The Morgan fingerprint density at radius 2 is 1.30 bits per heavy atom. The van der Waals surface area contributed by atoms with Crippen LogP contribution < -0.4 is 0 Å². The van der Waals surface area contributed by atoms with Gasteiger partial charge in [0.15, 0.2) is 6.23 Å². The van der Waals surface area contributed by atoms with Crippen LogP contribution in [0, 0.1) is 0 Å². The first-order chi connectivity index (χ1) is 20.4. The number of amides is 1. The Hall–Kier alpha value is -3.63. The quantitative estimate of drug-likeness (QED) is 0.104. The molecule has 0 aromatic heterocycles. The van der Waals surface area contributed by atoms with Gasteiger partial charge in [-0.2, -0.15) is 0 Å². The zero-order chi connectivity index (χ0) is 32.4. The van der Waals surface area contributed by atoms with E-state index in [1.165, 1.54) is 26.7 Å². The number of methoxy groups -OCH3 is 1. The van der Waals surface area contributed by atoms with E-state index in [0.29, 0.717) is 13.1 Å². The Morgan fingerprint density at radius 1 is 0.744 bits per heavy atom. The van der Waals surface area contributed by atoms with E-state index >= 15 is 0 Å². The summed E-state index contributed by atoms with van der Waals surface area (Å²) in [7, 11) is 4.70. The maximum absolute atomic E-state index is 13.6. The van der Waals surface area contributed by atoms with Gasteiger partial charge in [-0.3, -0.25) is 38.7 Å². The first kappa shape index (κ1) is 37.4. The third-order valence-electron chi connectivity index (χ3n) is 6.60. The number of carboxylic acids is 3. The highest BCUT2D eigenvalue weighted by Crippen LogP contribution is 2.11. The van der Waals surface area contributed by atoms with Crippen LogP contribution in [0.15, 0.2) is 30.3 Å². The fraction of sp³-hybridized carbons (Fsp3) is 0.607. The van der Waals surface area contributed by atoms with Crippen LogP contribution in [0.2, 0.25) is 0 Å². The van der Waals surface area contributed by atoms with E-state index in [0.717, 1.165) is 12.1 Å². The summed E-state index contributed by atoms with van der Waals surface area (Å²) in [5.74, 6) is -4.63. The molecule has 1 aromatic carbocycles. The van der Waals surface area contributed by atoms with Gasteiger partial charge in [-0.25, -0.2) is 0 Å². The summed E-state index contributed by atoms with van der Waals surface area (Å²) in [5.41, 5.74) is 0.778. The van der Waals surface area contributed by atoms with Gasteiger partial charge >= 0.3 is 23.9 Å². The number of aliphatic carboxylic acids is 3. The summed E-state index contributed by atoms with van der Waals surface area (Å²) in [5, 5.41) is 28.4. The second-order valence-electron chi connectivity index (χ2n) is 10.0. The lowest BCUT2D eigenvalue weighted by molar-refractivity contribution is -0.163. The normalized spacial score (nSPS) is 12.1. The van der Waals surface area contributed by atoms with Crippen molar-refractivity contribution in [3.63, 3.8) is 0 Å². The largest absolute Gasteiger partial charge is 0.480 e. The van der Waals surface area contributed by atoms with Gasteiger partial charge < -0.3 is 34.6 Å². The summed E-state index contributed by atoms with van der Waals surface area (Å²) in [6, 6.07) is 9.09. The van der Waals surface area contributed by atoms with Crippen LogP contribution in [0.3, 0.4) is 0 Å². The number of rotatable bonds is 23. The molecule has 0 saturated heterocycles. The van der Waals surface area contributed by atoms with Crippen LogP contribution in [-0.4, -0.2) is 169 Å². The third kappa shape index (κ3) is 16.0. The number of carbonyl (C=O) groups excluding carboxylic acids is 2. The molecule has 0 aliphatic heterocycles. The summed E-state index contributed by atoms with van der Waals surface area (Å²) in [4.78, 5) is 67.7. The average Bonchev–Trinajstić information content (AvgIpc) is 2.96. The molecule has 15 nitrogen and oxygen atoms in total. The number of carboxylic acid groups (broad SMARTS) is 3. The van der Waals surface area contributed by atoms with Crippen molar-refractivity contribution in [3.8, 4) is 0 Å². The summed E-state index contributed by atoms with van der Waals surface area (Å²) < 4.78 is 10.6. The van der Waals surface area contributed by atoms with Crippen LogP contribution >= 0.6 is 0 Å². The molecular weight excluding hydrogens is 566 g/mol. The summed E-state index contributed by atoms with van der Waals surface area (Å²) >= 11 is 0. The molecule has 0 saturated carbocycles. The van der Waals surface area contributed by atoms with Crippen molar-refractivity contribution >= 4 is 29.8 Å². The van der Waals surface area contributed by atoms with E-state index in [-0.39, 0.29) is 39.3 Å². The van der Waals surface area contributed by atoms with Crippen molar-refractivity contribution in [2.45, 2.75) is 19.8 Å². The second-order valence-corrected chi connectivity index (χ2v) is 10.0.